The van der Waals surface area contributed by atoms with E-state index in [1.165, 1.54) is 13.8 Å². The van der Waals surface area contributed by atoms with Gasteiger partial charge in [0.15, 0.2) is 0 Å². The second-order valence-corrected chi connectivity index (χ2v) is 8.49. The lowest BCUT2D eigenvalue weighted by Gasteiger charge is -2.11. The van der Waals surface area contributed by atoms with Crippen LogP contribution >= 0.6 is 34.5 Å². The van der Waals surface area contributed by atoms with Gasteiger partial charge < -0.3 is 5.11 Å². The molecule has 0 saturated heterocycles. The molecule has 0 bridgehead atoms. The zero-order chi connectivity index (χ0) is 20.8. The van der Waals surface area contributed by atoms with Gasteiger partial charge in [0.05, 0.1) is 20.2 Å². The van der Waals surface area contributed by atoms with Crippen LogP contribution in [0.1, 0.15) is 36.4 Å². The van der Waals surface area contributed by atoms with Gasteiger partial charge >= 0.3 is 12.1 Å². The molecule has 1 aliphatic rings. The van der Waals surface area contributed by atoms with Crippen molar-refractivity contribution in [3.8, 4) is 11.8 Å². The molecule has 0 aromatic carbocycles. The van der Waals surface area contributed by atoms with Crippen LogP contribution < -0.4 is 0 Å². The first-order valence-electron chi connectivity index (χ1n) is 7.49. The van der Waals surface area contributed by atoms with Crippen LogP contribution in [0.4, 0.5) is 22.0 Å². The average molecular weight is 447 g/mol. The van der Waals surface area contributed by atoms with E-state index in [1.807, 2.05) is 0 Å². The number of aliphatic carboxylic acids is 1. The predicted octanol–water partition coefficient (Wildman–Crippen LogP) is 6.49. The highest BCUT2D eigenvalue weighted by Crippen LogP contribution is 2.72. The number of carboxylic acid groups (broad SMARTS) is 1. The summed E-state index contributed by atoms with van der Waals surface area (Å²) in [6.07, 6.45) is -7.07. The van der Waals surface area contributed by atoms with E-state index in [2.05, 4.69) is 11.8 Å². The molecule has 1 aliphatic carbocycles. The van der Waals surface area contributed by atoms with Crippen LogP contribution in [0, 0.1) is 28.6 Å². The maximum atomic E-state index is 12.7. The van der Waals surface area contributed by atoms with Crippen LogP contribution in [-0.4, -0.2) is 17.3 Å². The Bertz CT molecular complexity index is 848. The minimum absolute atomic E-state index is 0.0128. The molecule has 0 radical (unpaired) electrons. The lowest BCUT2D eigenvalue weighted by Crippen LogP contribution is -2.21. The van der Waals surface area contributed by atoms with Crippen LogP contribution in [0.5, 0.6) is 0 Å². The SMILES string of the molecule is CC1(C)[C@@H](C=C(Cl)C(F)(F)F)[C@@]1(CC#Cc1sc(C(F)F)cc1Cl)C(=O)O. The van der Waals surface area contributed by atoms with Gasteiger partial charge in [0.25, 0.3) is 6.43 Å². The van der Waals surface area contributed by atoms with Gasteiger partial charge in [-0.05, 0) is 11.5 Å². The summed E-state index contributed by atoms with van der Waals surface area (Å²) in [4.78, 5) is 11.7. The molecular weight excluding hydrogens is 434 g/mol. The molecular formula is C17H13Cl2F5O2S. The van der Waals surface area contributed by atoms with E-state index in [-0.39, 0.29) is 21.2 Å². The van der Waals surface area contributed by atoms with Crippen molar-refractivity contribution in [2.45, 2.75) is 32.9 Å². The third-order valence-corrected chi connectivity index (χ3v) is 6.64. The Morgan fingerprint density at radius 3 is 2.48 bits per heavy atom. The summed E-state index contributed by atoms with van der Waals surface area (Å²) in [5.41, 5.74) is -2.59. The van der Waals surface area contributed by atoms with Crippen molar-refractivity contribution < 1.29 is 31.9 Å². The third-order valence-electron chi connectivity index (χ3n) is 4.83. The zero-order valence-electron chi connectivity index (χ0n) is 13.9. The lowest BCUT2D eigenvalue weighted by molar-refractivity contribution is -0.144. The number of hydrogen-bond donors (Lipinski definition) is 1. The van der Waals surface area contributed by atoms with Crippen molar-refractivity contribution in [1.29, 1.82) is 0 Å². The van der Waals surface area contributed by atoms with Crippen LogP contribution in [0.2, 0.25) is 5.02 Å². The van der Waals surface area contributed by atoms with Crippen molar-refractivity contribution in [2.24, 2.45) is 16.7 Å². The van der Waals surface area contributed by atoms with E-state index >= 15 is 0 Å². The quantitative estimate of drug-likeness (QED) is 0.423. The molecule has 2 nitrogen and oxygen atoms in total. The van der Waals surface area contributed by atoms with Gasteiger partial charge in [0.2, 0.25) is 0 Å². The molecule has 0 unspecified atom stereocenters. The number of rotatable bonds is 4. The van der Waals surface area contributed by atoms with Crippen molar-refractivity contribution >= 4 is 40.5 Å². The van der Waals surface area contributed by atoms with E-state index in [4.69, 9.17) is 23.2 Å². The van der Waals surface area contributed by atoms with E-state index in [9.17, 15) is 31.9 Å². The van der Waals surface area contributed by atoms with E-state index in [1.54, 1.807) is 0 Å². The van der Waals surface area contributed by atoms with Gasteiger partial charge in [0, 0.05) is 12.3 Å². The van der Waals surface area contributed by atoms with Gasteiger partial charge in [-0.1, -0.05) is 55.0 Å². The smallest absolute Gasteiger partial charge is 0.426 e. The van der Waals surface area contributed by atoms with Gasteiger partial charge in [0.1, 0.15) is 5.03 Å². The van der Waals surface area contributed by atoms with Crippen LogP contribution in [0.25, 0.3) is 0 Å². The number of thiophene rings is 1. The topological polar surface area (TPSA) is 37.3 Å². The maximum Gasteiger partial charge on any atom is 0.426 e. The zero-order valence-corrected chi connectivity index (χ0v) is 16.3. The van der Waals surface area contributed by atoms with Gasteiger partial charge in [-0.15, -0.1) is 11.3 Å². The first-order valence-corrected chi connectivity index (χ1v) is 9.06. The minimum Gasteiger partial charge on any atom is -0.481 e. The molecule has 148 valence electrons. The van der Waals surface area contributed by atoms with Crippen LogP contribution in [-0.2, 0) is 4.79 Å². The summed E-state index contributed by atoms with van der Waals surface area (Å²) in [6.45, 7) is 3.02. The molecule has 2 atom stereocenters. The van der Waals surface area contributed by atoms with Gasteiger partial charge in [-0.2, -0.15) is 13.2 Å². The number of carbonyl (C=O) groups is 1. The van der Waals surface area contributed by atoms with Crippen LogP contribution in [0.3, 0.4) is 0 Å². The Balaban J connectivity index is 2.31. The molecule has 1 saturated carbocycles. The number of hydrogen-bond acceptors (Lipinski definition) is 2. The fraction of sp³-hybridized carbons (Fsp3) is 0.471. The Hall–Kier alpha value is -1.30. The maximum absolute atomic E-state index is 12.7. The molecule has 1 aromatic rings. The summed E-state index contributed by atoms with van der Waals surface area (Å²) in [5, 5.41) is 8.23. The van der Waals surface area contributed by atoms with Crippen molar-refractivity contribution in [3.63, 3.8) is 0 Å². The number of halogens is 7. The summed E-state index contributed by atoms with van der Waals surface area (Å²) in [7, 11) is 0. The third kappa shape index (κ3) is 3.96. The number of allylic oxidation sites excluding steroid dienone is 2. The number of alkyl halides is 5. The molecule has 10 heteroatoms. The van der Waals surface area contributed by atoms with Crippen molar-refractivity contribution in [1.82, 2.24) is 0 Å². The molecule has 1 fully saturated rings. The second kappa shape index (κ2) is 7.26. The molecule has 0 amide bonds. The van der Waals surface area contributed by atoms with E-state index < -0.39 is 40.4 Å². The standard InChI is InChI=1S/C17H13Cl2F5O2S/c1-15(2)11(7-12(19)17(22,23)24)16(15,14(25)26)5-3-4-9-8(18)6-10(27-9)13(20)21/h6-7,11,13H,5H2,1-2H3,(H,25,26)/t11-,16+/m1/s1. The molecule has 2 rings (SSSR count). The predicted molar refractivity (Wildman–Crippen MR) is 93.1 cm³/mol. The first-order chi connectivity index (χ1) is 12.2. The highest BCUT2D eigenvalue weighted by molar-refractivity contribution is 7.13. The van der Waals surface area contributed by atoms with E-state index in [0.717, 1.165) is 6.07 Å². The van der Waals surface area contributed by atoms with Gasteiger partial charge in [-0.3, -0.25) is 4.79 Å². The van der Waals surface area contributed by atoms with Crippen molar-refractivity contribution in [3.05, 3.63) is 32.0 Å². The van der Waals surface area contributed by atoms with Crippen molar-refractivity contribution in [2.75, 3.05) is 0 Å². The van der Waals surface area contributed by atoms with Gasteiger partial charge in [-0.25, -0.2) is 8.78 Å². The molecule has 0 aliphatic heterocycles. The average Bonchev–Trinajstić information content (AvgIpc) is 2.80. The monoisotopic (exact) mass is 446 g/mol. The Morgan fingerprint density at radius 2 is 2.04 bits per heavy atom. The molecule has 27 heavy (non-hydrogen) atoms. The molecule has 0 spiro atoms. The lowest BCUT2D eigenvalue weighted by atomic mass is 9.92. The Labute approximate surface area is 166 Å². The largest absolute Gasteiger partial charge is 0.481 e. The summed E-state index contributed by atoms with van der Waals surface area (Å²) < 4.78 is 63.4. The Kier molecular flexibility index (Phi) is 5.92. The summed E-state index contributed by atoms with van der Waals surface area (Å²) in [5.74, 6) is 2.83. The second-order valence-electron chi connectivity index (χ2n) is 6.59. The first kappa shape index (κ1) is 22.0. The fourth-order valence-corrected chi connectivity index (χ4v) is 4.40. The highest BCUT2D eigenvalue weighted by atomic mass is 35.5. The van der Waals surface area contributed by atoms with Crippen LogP contribution in [0.15, 0.2) is 17.2 Å². The fourth-order valence-electron chi connectivity index (χ4n) is 3.15. The summed E-state index contributed by atoms with van der Waals surface area (Å²) >= 11 is 11.8. The normalized spacial score (nSPS) is 24.5. The van der Waals surface area contributed by atoms with E-state index in [0.29, 0.717) is 17.4 Å². The Morgan fingerprint density at radius 1 is 1.44 bits per heavy atom. The number of carboxylic acids is 1. The molecule has 1 aromatic heterocycles. The summed E-state index contributed by atoms with van der Waals surface area (Å²) in [6, 6.07) is 1.07. The highest BCUT2D eigenvalue weighted by Gasteiger charge is 2.74. The molecule has 1 heterocycles. The molecule has 1 N–H and O–H groups in total. The minimum atomic E-state index is -4.77.